The van der Waals surface area contributed by atoms with Crippen LogP contribution in [0.1, 0.15) is 18.2 Å². The van der Waals surface area contributed by atoms with Crippen molar-refractivity contribution in [2.45, 2.75) is 26.3 Å². The lowest BCUT2D eigenvalue weighted by atomic mass is 10.2. The van der Waals surface area contributed by atoms with Crippen LogP contribution in [-0.4, -0.2) is 9.55 Å². The molecule has 0 amide bonds. The Morgan fingerprint density at radius 3 is 3.12 bits per heavy atom. The van der Waals surface area contributed by atoms with Crippen LogP contribution in [0, 0.1) is 12.3 Å². The average Bonchev–Trinajstić information content (AvgIpc) is 2.67. The summed E-state index contributed by atoms with van der Waals surface area (Å²) in [6.45, 7) is 2.40. The van der Waals surface area contributed by atoms with Crippen LogP contribution in [0.3, 0.4) is 0 Å². The van der Waals surface area contributed by atoms with Crippen LogP contribution in [0.4, 0.5) is 0 Å². The maximum atomic E-state index is 12.0. The van der Waals surface area contributed by atoms with Gasteiger partial charge < -0.3 is 0 Å². The van der Waals surface area contributed by atoms with Gasteiger partial charge in [0, 0.05) is 4.88 Å². The van der Waals surface area contributed by atoms with Crippen molar-refractivity contribution in [2.75, 3.05) is 0 Å². The highest BCUT2D eigenvalue weighted by molar-refractivity contribution is 7.18. The Hall–Kier alpha value is -1.60. The second kappa shape index (κ2) is 4.50. The Kier molecular flexibility index (Phi) is 3.07. The Morgan fingerprint density at radius 2 is 2.44 bits per heavy atom. The van der Waals surface area contributed by atoms with Crippen LogP contribution in [0.2, 0.25) is 0 Å². The summed E-state index contributed by atoms with van der Waals surface area (Å²) in [6.07, 6.45) is 8.79. The number of hydrogen-bond acceptors (Lipinski definition) is 3. The molecule has 0 atom stereocenters. The van der Waals surface area contributed by atoms with Crippen molar-refractivity contribution in [3.05, 3.63) is 27.6 Å². The zero-order valence-electron chi connectivity index (χ0n) is 9.06. The topological polar surface area (TPSA) is 34.9 Å². The van der Waals surface area contributed by atoms with E-state index in [4.69, 9.17) is 6.42 Å². The number of rotatable bonds is 3. The summed E-state index contributed by atoms with van der Waals surface area (Å²) in [5.74, 6) is 2.45. The molecule has 2 heterocycles. The van der Waals surface area contributed by atoms with E-state index in [0.29, 0.717) is 5.39 Å². The number of hydrogen-bond donors (Lipinski definition) is 0. The second-order valence-electron chi connectivity index (χ2n) is 3.56. The lowest BCUT2D eigenvalue weighted by molar-refractivity contribution is 0.784. The van der Waals surface area contributed by atoms with Crippen molar-refractivity contribution >= 4 is 21.6 Å². The van der Waals surface area contributed by atoms with Crippen molar-refractivity contribution in [3.63, 3.8) is 0 Å². The smallest absolute Gasteiger partial charge is 0.262 e. The molecule has 0 aliphatic rings. The highest BCUT2D eigenvalue weighted by Crippen LogP contribution is 2.21. The van der Waals surface area contributed by atoms with E-state index < -0.39 is 0 Å². The van der Waals surface area contributed by atoms with Crippen molar-refractivity contribution in [2.24, 2.45) is 0 Å². The van der Waals surface area contributed by atoms with E-state index in [0.717, 1.165) is 17.7 Å². The van der Waals surface area contributed by atoms with Crippen molar-refractivity contribution < 1.29 is 0 Å². The first kappa shape index (κ1) is 10.9. The van der Waals surface area contributed by atoms with E-state index >= 15 is 0 Å². The predicted molar refractivity (Wildman–Crippen MR) is 66.7 cm³/mol. The van der Waals surface area contributed by atoms with E-state index in [-0.39, 0.29) is 12.1 Å². The fourth-order valence-corrected chi connectivity index (χ4v) is 2.68. The van der Waals surface area contributed by atoms with E-state index in [1.54, 1.807) is 11.3 Å². The van der Waals surface area contributed by atoms with Crippen LogP contribution < -0.4 is 5.56 Å². The molecule has 0 saturated carbocycles. The van der Waals surface area contributed by atoms with Gasteiger partial charge in [-0.15, -0.1) is 17.8 Å². The summed E-state index contributed by atoms with van der Waals surface area (Å²) in [5, 5.41) is 0.686. The molecule has 0 aliphatic heterocycles. The van der Waals surface area contributed by atoms with Gasteiger partial charge in [0.25, 0.3) is 5.56 Å². The predicted octanol–water partition coefficient (Wildman–Crippen LogP) is 2.04. The summed E-state index contributed by atoms with van der Waals surface area (Å²) in [5.41, 5.74) is -0.0402. The Labute approximate surface area is 97.8 Å². The van der Waals surface area contributed by atoms with Gasteiger partial charge in [-0.3, -0.25) is 9.36 Å². The zero-order chi connectivity index (χ0) is 11.5. The molecule has 2 aromatic rings. The molecule has 0 aliphatic carbocycles. The second-order valence-corrected chi connectivity index (χ2v) is 4.68. The average molecular weight is 232 g/mol. The Bertz CT molecular complexity index is 603. The molecule has 0 fully saturated rings. The van der Waals surface area contributed by atoms with Gasteiger partial charge in [0.2, 0.25) is 0 Å². The summed E-state index contributed by atoms with van der Waals surface area (Å²) in [4.78, 5) is 18.2. The summed E-state index contributed by atoms with van der Waals surface area (Å²) in [6, 6.07) is 1.94. The van der Waals surface area contributed by atoms with E-state index in [1.807, 2.05) is 6.07 Å². The number of aromatic nitrogens is 2. The Morgan fingerprint density at radius 1 is 1.62 bits per heavy atom. The largest absolute Gasteiger partial charge is 0.287 e. The monoisotopic (exact) mass is 232 g/mol. The summed E-state index contributed by atoms with van der Waals surface area (Å²) in [7, 11) is 0. The third-order valence-corrected chi connectivity index (χ3v) is 3.43. The first-order valence-electron chi connectivity index (χ1n) is 5.17. The molecular weight excluding hydrogens is 220 g/mol. The zero-order valence-corrected chi connectivity index (χ0v) is 9.88. The standard InChI is InChI=1S/C12H12N2OS/c1-3-5-9-7-10-11(16-9)13-8-14(6-4-2)12(10)15/h2,7-8H,3,5-6H2,1H3. The molecule has 0 radical (unpaired) electrons. The fourth-order valence-electron chi connectivity index (χ4n) is 1.59. The highest BCUT2D eigenvalue weighted by Gasteiger charge is 2.07. The quantitative estimate of drug-likeness (QED) is 0.759. The molecule has 3 nitrogen and oxygen atoms in total. The molecular formula is C12H12N2OS. The lowest BCUT2D eigenvalue weighted by Crippen LogP contribution is -2.19. The maximum Gasteiger partial charge on any atom is 0.262 e. The van der Waals surface area contributed by atoms with Gasteiger partial charge in [-0.1, -0.05) is 19.3 Å². The van der Waals surface area contributed by atoms with Gasteiger partial charge in [0.15, 0.2) is 0 Å². The Balaban J connectivity index is 2.57. The number of thiophene rings is 1. The molecule has 16 heavy (non-hydrogen) atoms. The molecule has 82 valence electrons. The van der Waals surface area contributed by atoms with Gasteiger partial charge in [0.1, 0.15) is 4.83 Å². The molecule has 2 aromatic heterocycles. The van der Waals surface area contributed by atoms with Gasteiger partial charge in [0.05, 0.1) is 18.3 Å². The molecule has 0 unspecified atom stereocenters. The van der Waals surface area contributed by atoms with Crippen LogP contribution in [0.5, 0.6) is 0 Å². The summed E-state index contributed by atoms with van der Waals surface area (Å²) >= 11 is 1.59. The number of aryl methyl sites for hydroxylation is 1. The van der Waals surface area contributed by atoms with Gasteiger partial charge >= 0.3 is 0 Å². The van der Waals surface area contributed by atoms with E-state index in [9.17, 15) is 4.79 Å². The van der Waals surface area contributed by atoms with Crippen LogP contribution in [0.15, 0.2) is 17.2 Å². The van der Waals surface area contributed by atoms with Gasteiger partial charge in [-0.05, 0) is 12.5 Å². The lowest BCUT2D eigenvalue weighted by Gasteiger charge is -1.97. The normalized spacial score (nSPS) is 10.5. The van der Waals surface area contributed by atoms with Crippen molar-refractivity contribution in [1.29, 1.82) is 0 Å². The molecule has 0 bridgehead atoms. The minimum atomic E-state index is -0.0402. The van der Waals surface area contributed by atoms with Crippen molar-refractivity contribution in [3.8, 4) is 12.3 Å². The molecule has 0 N–H and O–H groups in total. The van der Waals surface area contributed by atoms with E-state index in [1.165, 1.54) is 15.8 Å². The third kappa shape index (κ3) is 1.86. The third-order valence-electron chi connectivity index (χ3n) is 2.33. The van der Waals surface area contributed by atoms with Gasteiger partial charge in [-0.25, -0.2) is 4.98 Å². The number of nitrogens with zero attached hydrogens (tertiary/aromatic N) is 2. The molecule has 0 aromatic carbocycles. The molecule has 2 rings (SSSR count). The maximum absolute atomic E-state index is 12.0. The van der Waals surface area contributed by atoms with Gasteiger partial charge in [-0.2, -0.15) is 0 Å². The molecule has 0 saturated heterocycles. The highest BCUT2D eigenvalue weighted by atomic mass is 32.1. The van der Waals surface area contributed by atoms with Crippen LogP contribution in [0.25, 0.3) is 10.2 Å². The molecule has 0 spiro atoms. The number of terminal acetylenes is 1. The minimum absolute atomic E-state index is 0.0402. The fraction of sp³-hybridized carbons (Fsp3) is 0.333. The minimum Gasteiger partial charge on any atom is -0.287 e. The summed E-state index contributed by atoms with van der Waals surface area (Å²) < 4.78 is 1.46. The van der Waals surface area contributed by atoms with E-state index in [2.05, 4.69) is 17.8 Å². The van der Waals surface area contributed by atoms with Crippen molar-refractivity contribution in [1.82, 2.24) is 9.55 Å². The van der Waals surface area contributed by atoms with Crippen LogP contribution >= 0.6 is 11.3 Å². The van der Waals surface area contributed by atoms with Crippen LogP contribution in [-0.2, 0) is 13.0 Å². The SMILES string of the molecule is C#CCn1cnc2sc(CCC)cc2c1=O. The molecule has 4 heteroatoms. The first-order chi connectivity index (χ1) is 7.76. The number of fused-ring (bicyclic) bond motifs is 1. The first-order valence-corrected chi connectivity index (χ1v) is 5.99.